The molecule has 0 amide bonds. The summed E-state index contributed by atoms with van der Waals surface area (Å²) in [7, 11) is 0. The van der Waals surface area contributed by atoms with Crippen molar-refractivity contribution in [2.45, 2.75) is 54.1 Å². The summed E-state index contributed by atoms with van der Waals surface area (Å²) in [6.07, 6.45) is 0.926. The highest BCUT2D eigenvalue weighted by Crippen LogP contribution is 2.24. The van der Waals surface area contributed by atoms with E-state index in [1.807, 2.05) is 6.92 Å². The Morgan fingerprint density at radius 2 is 1.85 bits per heavy atom. The van der Waals surface area contributed by atoms with Crippen molar-refractivity contribution >= 4 is 5.82 Å². The predicted octanol–water partition coefficient (Wildman–Crippen LogP) is 3.84. The van der Waals surface area contributed by atoms with Gasteiger partial charge in [-0.1, -0.05) is 27.7 Å². The lowest BCUT2D eigenvalue weighted by atomic mass is 10.1. The lowest BCUT2D eigenvalue weighted by molar-refractivity contribution is 0.0231. The molecule has 4 nitrogen and oxygen atoms in total. The Kier molecular flexibility index (Phi) is 6.93. The fraction of sp³-hybridized carbons (Fsp3) is 0.750. The number of nitrogens with one attached hydrogen (secondary N) is 1. The molecule has 0 spiro atoms. The standard InChI is InChI=1S/C16H29N3O/c1-7-17-14-10-13(9-11(3)4)18-16(19-14)15(12(5)6)20-8-2/h10-12,15H,7-9H2,1-6H3,(H,17,18,19). The molecule has 4 heteroatoms. The number of rotatable bonds is 8. The maximum absolute atomic E-state index is 5.83. The van der Waals surface area contributed by atoms with Crippen LogP contribution in [0.25, 0.3) is 0 Å². The first-order valence-corrected chi connectivity index (χ1v) is 7.71. The quantitative estimate of drug-likeness (QED) is 0.785. The highest BCUT2D eigenvalue weighted by molar-refractivity contribution is 5.36. The van der Waals surface area contributed by atoms with Gasteiger partial charge >= 0.3 is 0 Å². The Bertz CT molecular complexity index is 405. The number of nitrogens with zero attached hydrogens (tertiary/aromatic N) is 2. The summed E-state index contributed by atoms with van der Waals surface area (Å²) in [6, 6.07) is 2.05. The molecule has 0 aliphatic rings. The van der Waals surface area contributed by atoms with Crippen LogP contribution < -0.4 is 5.32 Å². The van der Waals surface area contributed by atoms with Crippen LogP contribution in [0.3, 0.4) is 0 Å². The number of anilines is 1. The molecule has 1 aromatic rings. The van der Waals surface area contributed by atoms with Gasteiger partial charge in [0, 0.05) is 24.9 Å². The molecule has 0 saturated heterocycles. The average molecular weight is 279 g/mol. The molecule has 1 rings (SSSR count). The van der Waals surface area contributed by atoms with Gasteiger partial charge in [-0.2, -0.15) is 0 Å². The van der Waals surface area contributed by atoms with E-state index in [0.717, 1.165) is 30.3 Å². The first-order chi connectivity index (χ1) is 9.47. The van der Waals surface area contributed by atoms with E-state index >= 15 is 0 Å². The molecule has 1 unspecified atom stereocenters. The van der Waals surface area contributed by atoms with Gasteiger partial charge in [-0.3, -0.25) is 0 Å². The van der Waals surface area contributed by atoms with E-state index in [9.17, 15) is 0 Å². The van der Waals surface area contributed by atoms with Gasteiger partial charge in [-0.15, -0.1) is 0 Å². The molecule has 114 valence electrons. The van der Waals surface area contributed by atoms with Gasteiger partial charge in [0.15, 0.2) is 5.82 Å². The smallest absolute Gasteiger partial charge is 0.159 e. The van der Waals surface area contributed by atoms with E-state index in [1.54, 1.807) is 0 Å². The van der Waals surface area contributed by atoms with Crippen LogP contribution in [0, 0.1) is 11.8 Å². The largest absolute Gasteiger partial charge is 0.370 e. The van der Waals surface area contributed by atoms with E-state index in [4.69, 9.17) is 9.72 Å². The van der Waals surface area contributed by atoms with Crippen LogP contribution >= 0.6 is 0 Å². The molecule has 0 aliphatic carbocycles. The Morgan fingerprint density at radius 1 is 1.15 bits per heavy atom. The summed E-state index contributed by atoms with van der Waals surface area (Å²) in [6.45, 7) is 14.3. The molecule has 0 aliphatic heterocycles. The van der Waals surface area contributed by atoms with Gasteiger partial charge in [0.25, 0.3) is 0 Å². The van der Waals surface area contributed by atoms with Crippen molar-refractivity contribution in [3.8, 4) is 0 Å². The summed E-state index contributed by atoms with van der Waals surface area (Å²) < 4.78 is 5.83. The average Bonchev–Trinajstić information content (AvgIpc) is 2.34. The summed E-state index contributed by atoms with van der Waals surface area (Å²) in [5, 5.41) is 3.29. The highest BCUT2D eigenvalue weighted by Gasteiger charge is 2.20. The second-order valence-electron chi connectivity index (χ2n) is 5.85. The first-order valence-electron chi connectivity index (χ1n) is 7.71. The van der Waals surface area contributed by atoms with Crippen LogP contribution in [0.2, 0.25) is 0 Å². The molecule has 0 aromatic carbocycles. The fourth-order valence-corrected chi connectivity index (χ4v) is 2.18. The normalized spacial score (nSPS) is 13.0. The van der Waals surface area contributed by atoms with Crippen LogP contribution in [0.15, 0.2) is 6.07 Å². The second-order valence-corrected chi connectivity index (χ2v) is 5.85. The zero-order valence-electron chi connectivity index (χ0n) is 13.7. The third kappa shape index (κ3) is 5.08. The van der Waals surface area contributed by atoms with Crippen LogP contribution in [-0.4, -0.2) is 23.1 Å². The van der Waals surface area contributed by atoms with Gasteiger partial charge in [0.05, 0.1) is 0 Å². The SMILES string of the molecule is CCNc1cc(CC(C)C)nc(C(OCC)C(C)C)n1. The van der Waals surface area contributed by atoms with E-state index in [-0.39, 0.29) is 6.10 Å². The molecule has 1 N–H and O–H groups in total. The van der Waals surface area contributed by atoms with Crippen molar-refractivity contribution in [1.82, 2.24) is 9.97 Å². The maximum Gasteiger partial charge on any atom is 0.159 e. The Morgan fingerprint density at radius 3 is 2.35 bits per heavy atom. The Balaban J connectivity index is 3.11. The van der Waals surface area contributed by atoms with Crippen molar-refractivity contribution in [2.24, 2.45) is 11.8 Å². The van der Waals surface area contributed by atoms with Crippen LogP contribution in [0.5, 0.6) is 0 Å². The van der Waals surface area contributed by atoms with Gasteiger partial charge in [-0.05, 0) is 32.1 Å². The van der Waals surface area contributed by atoms with E-state index in [0.29, 0.717) is 18.4 Å². The first kappa shape index (κ1) is 16.9. The molecular weight excluding hydrogens is 250 g/mol. The minimum absolute atomic E-state index is 0.0375. The highest BCUT2D eigenvalue weighted by atomic mass is 16.5. The van der Waals surface area contributed by atoms with Crippen molar-refractivity contribution in [3.05, 3.63) is 17.6 Å². The number of ether oxygens (including phenoxy) is 1. The van der Waals surface area contributed by atoms with Gasteiger partial charge in [0.2, 0.25) is 0 Å². The van der Waals surface area contributed by atoms with Crippen molar-refractivity contribution in [3.63, 3.8) is 0 Å². The van der Waals surface area contributed by atoms with Crippen molar-refractivity contribution < 1.29 is 4.74 Å². The lowest BCUT2D eigenvalue weighted by Crippen LogP contribution is -2.17. The van der Waals surface area contributed by atoms with Crippen LogP contribution in [0.1, 0.15) is 59.2 Å². The molecule has 0 saturated carbocycles. The van der Waals surface area contributed by atoms with Crippen LogP contribution in [-0.2, 0) is 11.2 Å². The zero-order chi connectivity index (χ0) is 15.1. The molecular formula is C16H29N3O. The van der Waals surface area contributed by atoms with Gasteiger partial charge in [-0.25, -0.2) is 9.97 Å². The summed E-state index contributed by atoms with van der Waals surface area (Å²) in [5.74, 6) is 2.64. The number of hydrogen-bond donors (Lipinski definition) is 1. The molecule has 0 bridgehead atoms. The van der Waals surface area contributed by atoms with Gasteiger partial charge in [0.1, 0.15) is 11.9 Å². The van der Waals surface area contributed by atoms with Gasteiger partial charge < -0.3 is 10.1 Å². The minimum atomic E-state index is -0.0375. The molecule has 1 aromatic heterocycles. The lowest BCUT2D eigenvalue weighted by Gasteiger charge is -2.21. The monoisotopic (exact) mass is 279 g/mol. The predicted molar refractivity (Wildman–Crippen MR) is 83.9 cm³/mol. The van der Waals surface area contributed by atoms with Crippen molar-refractivity contribution in [1.29, 1.82) is 0 Å². The summed E-state index contributed by atoms with van der Waals surface area (Å²) in [4.78, 5) is 9.34. The molecule has 1 atom stereocenters. The molecule has 0 fully saturated rings. The zero-order valence-corrected chi connectivity index (χ0v) is 13.7. The van der Waals surface area contributed by atoms with E-state index in [1.165, 1.54) is 0 Å². The maximum atomic E-state index is 5.83. The van der Waals surface area contributed by atoms with E-state index < -0.39 is 0 Å². The third-order valence-electron chi connectivity index (χ3n) is 2.98. The minimum Gasteiger partial charge on any atom is -0.370 e. The second kappa shape index (κ2) is 8.20. The van der Waals surface area contributed by atoms with Crippen molar-refractivity contribution in [2.75, 3.05) is 18.5 Å². The number of aromatic nitrogens is 2. The third-order valence-corrected chi connectivity index (χ3v) is 2.98. The van der Waals surface area contributed by atoms with E-state index in [2.05, 4.69) is 51.0 Å². The fourth-order valence-electron chi connectivity index (χ4n) is 2.18. The molecule has 0 radical (unpaired) electrons. The molecule has 20 heavy (non-hydrogen) atoms. The summed E-state index contributed by atoms with van der Waals surface area (Å²) >= 11 is 0. The van der Waals surface area contributed by atoms with Crippen LogP contribution in [0.4, 0.5) is 5.82 Å². The Labute approximate surface area is 123 Å². The topological polar surface area (TPSA) is 47.0 Å². The number of hydrogen-bond acceptors (Lipinski definition) is 4. The molecule has 1 heterocycles. The summed E-state index contributed by atoms with van der Waals surface area (Å²) in [5.41, 5.74) is 1.09. The Hall–Kier alpha value is -1.16.